The van der Waals surface area contributed by atoms with Gasteiger partial charge in [0.05, 0.1) is 7.11 Å². The van der Waals surface area contributed by atoms with Crippen molar-refractivity contribution in [3.63, 3.8) is 0 Å². The fourth-order valence-corrected chi connectivity index (χ4v) is 2.85. The molecule has 100 valence electrons. The number of hydrogen-bond acceptors (Lipinski definition) is 3. The SMILES string of the molecule is CCC(C)C=Cc1cccc2sc(C(=O)OC)cc12. The van der Waals surface area contributed by atoms with Crippen LogP contribution in [-0.4, -0.2) is 13.1 Å². The molecule has 2 aromatic rings. The van der Waals surface area contributed by atoms with E-state index < -0.39 is 0 Å². The number of carbonyl (C=O) groups is 1. The third-order valence-corrected chi connectivity index (χ3v) is 4.31. The zero-order chi connectivity index (χ0) is 13.8. The average molecular weight is 274 g/mol. The molecule has 0 amide bonds. The van der Waals surface area contributed by atoms with Crippen LogP contribution in [0, 0.1) is 5.92 Å². The van der Waals surface area contributed by atoms with Crippen LogP contribution in [0.1, 0.15) is 35.5 Å². The third-order valence-electron chi connectivity index (χ3n) is 3.23. The second-order valence-corrected chi connectivity index (χ2v) is 5.69. The van der Waals surface area contributed by atoms with E-state index in [4.69, 9.17) is 4.74 Å². The van der Waals surface area contributed by atoms with E-state index in [0.717, 1.165) is 22.1 Å². The summed E-state index contributed by atoms with van der Waals surface area (Å²) < 4.78 is 5.89. The fourth-order valence-electron chi connectivity index (χ4n) is 1.83. The Bertz CT molecular complexity index is 610. The first-order valence-corrected chi connectivity index (χ1v) is 7.26. The number of rotatable bonds is 4. The number of methoxy groups -OCH3 is 1. The molecule has 2 rings (SSSR count). The number of thiophene rings is 1. The predicted octanol–water partition coefficient (Wildman–Crippen LogP) is 4.75. The summed E-state index contributed by atoms with van der Waals surface area (Å²) in [7, 11) is 1.41. The van der Waals surface area contributed by atoms with Gasteiger partial charge in [0.15, 0.2) is 0 Å². The van der Waals surface area contributed by atoms with Gasteiger partial charge in [-0.3, -0.25) is 0 Å². The molecule has 0 saturated heterocycles. The van der Waals surface area contributed by atoms with Gasteiger partial charge >= 0.3 is 5.97 Å². The van der Waals surface area contributed by atoms with Crippen molar-refractivity contribution in [2.24, 2.45) is 5.92 Å². The van der Waals surface area contributed by atoms with E-state index >= 15 is 0 Å². The second kappa shape index (κ2) is 6.02. The van der Waals surface area contributed by atoms with Crippen molar-refractivity contribution in [2.45, 2.75) is 20.3 Å². The van der Waals surface area contributed by atoms with Crippen LogP contribution in [0.3, 0.4) is 0 Å². The van der Waals surface area contributed by atoms with Crippen molar-refractivity contribution < 1.29 is 9.53 Å². The average Bonchev–Trinajstić information content (AvgIpc) is 2.88. The highest BCUT2D eigenvalue weighted by Gasteiger charge is 2.11. The molecule has 0 aliphatic heterocycles. The van der Waals surface area contributed by atoms with Crippen LogP contribution in [0.25, 0.3) is 16.2 Å². The molecule has 0 bridgehead atoms. The molecule has 19 heavy (non-hydrogen) atoms. The van der Waals surface area contributed by atoms with Crippen molar-refractivity contribution in [3.8, 4) is 0 Å². The number of ether oxygens (including phenoxy) is 1. The van der Waals surface area contributed by atoms with Crippen LogP contribution in [-0.2, 0) is 4.74 Å². The van der Waals surface area contributed by atoms with Crippen LogP contribution in [0.15, 0.2) is 30.3 Å². The van der Waals surface area contributed by atoms with Crippen LogP contribution < -0.4 is 0 Å². The number of carbonyl (C=O) groups excluding carboxylic acids is 1. The third kappa shape index (κ3) is 3.04. The summed E-state index contributed by atoms with van der Waals surface area (Å²) in [5.41, 5.74) is 1.16. The number of benzene rings is 1. The maximum atomic E-state index is 11.6. The van der Waals surface area contributed by atoms with Gasteiger partial charge in [0.25, 0.3) is 0 Å². The Morgan fingerprint density at radius 3 is 2.95 bits per heavy atom. The van der Waals surface area contributed by atoms with Crippen molar-refractivity contribution >= 4 is 33.5 Å². The standard InChI is InChI=1S/C16H18O2S/c1-4-11(2)8-9-12-6-5-7-14-13(12)10-15(19-14)16(17)18-3/h5-11H,4H2,1-3H3. The minimum Gasteiger partial charge on any atom is -0.465 e. The molecule has 0 N–H and O–H groups in total. The van der Waals surface area contributed by atoms with Gasteiger partial charge in [-0.25, -0.2) is 4.79 Å². The summed E-state index contributed by atoms with van der Waals surface area (Å²) in [6.45, 7) is 4.37. The zero-order valence-corrected chi connectivity index (χ0v) is 12.3. The number of esters is 1. The lowest BCUT2D eigenvalue weighted by Gasteiger charge is -2.00. The van der Waals surface area contributed by atoms with Gasteiger partial charge in [0.1, 0.15) is 4.88 Å². The first-order valence-electron chi connectivity index (χ1n) is 6.44. The van der Waals surface area contributed by atoms with E-state index in [1.807, 2.05) is 18.2 Å². The highest BCUT2D eigenvalue weighted by atomic mass is 32.1. The fraction of sp³-hybridized carbons (Fsp3) is 0.312. The monoisotopic (exact) mass is 274 g/mol. The maximum Gasteiger partial charge on any atom is 0.348 e. The first kappa shape index (κ1) is 13.8. The summed E-state index contributed by atoms with van der Waals surface area (Å²) in [6, 6.07) is 8.06. The quantitative estimate of drug-likeness (QED) is 0.752. The Morgan fingerprint density at radius 2 is 2.26 bits per heavy atom. The topological polar surface area (TPSA) is 26.3 Å². The summed E-state index contributed by atoms with van der Waals surface area (Å²) in [4.78, 5) is 12.2. The van der Waals surface area contributed by atoms with Crippen LogP contribution in [0.5, 0.6) is 0 Å². The Balaban J connectivity index is 2.42. The van der Waals surface area contributed by atoms with Crippen LogP contribution in [0.2, 0.25) is 0 Å². The normalized spacial score (nSPS) is 13.0. The Labute approximate surface area is 117 Å². The van der Waals surface area contributed by atoms with E-state index in [0.29, 0.717) is 10.8 Å². The van der Waals surface area contributed by atoms with E-state index in [2.05, 4.69) is 32.1 Å². The van der Waals surface area contributed by atoms with Gasteiger partial charge in [-0.15, -0.1) is 11.3 Å². The zero-order valence-electron chi connectivity index (χ0n) is 11.5. The van der Waals surface area contributed by atoms with Gasteiger partial charge in [-0.05, 0) is 23.6 Å². The molecule has 0 radical (unpaired) electrons. The molecule has 1 heterocycles. The van der Waals surface area contributed by atoms with Gasteiger partial charge < -0.3 is 4.74 Å². The lowest BCUT2D eigenvalue weighted by molar-refractivity contribution is 0.0606. The smallest absolute Gasteiger partial charge is 0.348 e. The predicted molar refractivity (Wildman–Crippen MR) is 81.7 cm³/mol. The molecular weight excluding hydrogens is 256 g/mol. The Kier molecular flexibility index (Phi) is 4.38. The molecule has 0 spiro atoms. The molecule has 1 aromatic heterocycles. The molecule has 1 unspecified atom stereocenters. The second-order valence-electron chi connectivity index (χ2n) is 4.61. The lowest BCUT2D eigenvalue weighted by Crippen LogP contribution is -1.96. The minimum atomic E-state index is -0.266. The molecule has 0 saturated carbocycles. The summed E-state index contributed by atoms with van der Waals surface area (Å²) in [5, 5.41) is 1.12. The van der Waals surface area contributed by atoms with Crippen molar-refractivity contribution in [2.75, 3.05) is 7.11 Å². The van der Waals surface area contributed by atoms with Gasteiger partial charge in [0.2, 0.25) is 0 Å². The number of hydrogen-bond donors (Lipinski definition) is 0. The lowest BCUT2D eigenvalue weighted by atomic mass is 10.0. The van der Waals surface area contributed by atoms with E-state index in [9.17, 15) is 4.79 Å². The minimum absolute atomic E-state index is 0.266. The highest BCUT2D eigenvalue weighted by Crippen LogP contribution is 2.29. The molecule has 1 atom stereocenters. The molecule has 0 fully saturated rings. The van der Waals surface area contributed by atoms with Gasteiger partial charge in [-0.1, -0.05) is 44.6 Å². The van der Waals surface area contributed by atoms with Gasteiger partial charge in [0, 0.05) is 10.1 Å². The molecule has 3 heteroatoms. The summed E-state index contributed by atoms with van der Waals surface area (Å²) >= 11 is 1.48. The molecule has 0 aliphatic carbocycles. The molecule has 1 aromatic carbocycles. The van der Waals surface area contributed by atoms with Crippen LogP contribution in [0.4, 0.5) is 0 Å². The van der Waals surface area contributed by atoms with Crippen molar-refractivity contribution in [1.82, 2.24) is 0 Å². The number of allylic oxidation sites excluding steroid dienone is 1. The summed E-state index contributed by atoms with van der Waals surface area (Å²) in [6.07, 6.45) is 5.48. The van der Waals surface area contributed by atoms with E-state index in [-0.39, 0.29) is 5.97 Å². The Morgan fingerprint density at radius 1 is 1.47 bits per heavy atom. The van der Waals surface area contributed by atoms with Crippen molar-refractivity contribution in [3.05, 3.63) is 40.8 Å². The molecule has 2 nitrogen and oxygen atoms in total. The largest absolute Gasteiger partial charge is 0.465 e. The molecule has 0 aliphatic rings. The highest BCUT2D eigenvalue weighted by molar-refractivity contribution is 7.20. The van der Waals surface area contributed by atoms with Gasteiger partial charge in [-0.2, -0.15) is 0 Å². The number of fused-ring (bicyclic) bond motifs is 1. The summed E-state index contributed by atoms with van der Waals surface area (Å²) in [5.74, 6) is 0.298. The van der Waals surface area contributed by atoms with Crippen LogP contribution >= 0.6 is 11.3 Å². The van der Waals surface area contributed by atoms with E-state index in [1.54, 1.807) is 0 Å². The van der Waals surface area contributed by atoms with Crippen molar-refractivity contribution in [1.29, 1.82) is 0 Å². The first-order chi connectivity index (χ1) is 9.15. The Hall–Kier alpha value is -1.61. The maximum absolute atomic E-state index is 11.6. The molecular formula is C16H18O2S. The van der Waals surface area contributed by atoms with E-state index in [1.165, 1.54) is 18.4 Å².